The topological polar surface area (TPSA) is 79.3 Å². The molecule has 1 amide bonds. The van der Waals surface area contributed by atoms with Crippen molar-refractivity contribution in [2.24, 2.45) is 0 Å². The fourth-order valence-corrected chi connectivity index (χ4v) is 2.05. The van der Waals surface area contributed by atoms with Gasteiger partial charge in [-0.25, -0.2) is 19.6 Å². The van der Waals surface area contributed by atoms with Gasteiger partial charge < -0.3 is 14.6 Å². The molecule has 1 N–H and O–H groups in total. The van der Waals surface area contributed by atoms with Crippen LogP contribution in [0.25, 0.3) is 0 Å². The van der Waals surface area contributed by atoms with E-state index in [1.807, 2.05) is 11.9 Å². The highest BCUT2D eigenvalue weighted by atomic mass is 16.6. The van der Waals surface area contributed by atoms with E-state index in [0.29, 0.717) is 25.4 Å². The van der Waals surface area contributed by atoms with Gasteiger partial charge in [-0.1, -0.05) is 19.1 Å². The van der Waals surface area contributed by atoms with Gasteiger partial charge in [-0.15, -0.1) is 0 Å². The predicted octanol–water partition coefficient (Wildman–Crippen LogP) is 1.34. The van der Waals surface area contributed by atoms with E-state index >= 15 is 0 Å². The number of cyclic esters (lactones) is 1. The minimum atomic E-state index is -1.02. The summed E-state index contributed by atoms with van der Waals surface area (Å²) in [6.45, 7) is 3.84. The Labute approximate surface area is 122 Å². The quantitative estimate of drug-likeness (QED) is 0.853. The number of carboxylic acid groups (broad SMARTS) is 1. The summed E-state index contributed by atoms with van der Waals surface area (Å²) < 4.78 is 10.1. The SMILES string of the molecule is CCN1CCOC(=O)N1Cc1ccc(OCC(=O)O)cc1. The summed E-state index contributed by atoms with van der Waals surface area (Å²) >= 11 is 0. The number of likely N-dealkylation sites (N-methyl/N-ethyl adjacent to an activating group) is 1. The van der Waals surface area contributed by atoms with E-state index in [4.69, 9.17) is 14.6 Å². The van der Waals surface area contributed by atoms with E-state index < -0.39 is 5.97 Å². The molecule has 0 radical (unpaired) electrons. The smallest absolute Gasteiger partial charge is 0.424 e. The number of nitrogens with zero attached hydrogens (tertiary/aromatic N) is 2. The maximum Gasteiger partial charge on any atom is 0.424 e. The number of carboxylic acids is 1. The van der Waals surface area contributed by atoms with E-state index in [9.17, 15) is 9.59 Å². The zero-order valence-electron chi connectivity index (χ0n) is 11.8. The molecule has 1 aromatic carbocycles. The summed E-state index contributed by atoms with van der Waals surface area (Å²) in [6.07, 6.45) is -0.352. The first-order valence-electron chi connectivity index (χ1n) is 6.73. The molecule has 0 aromatic heterocycles. The minimum absolute atomic E-state index is 0.352. The fraction of sp³-hybridized carbons (Fsp3) is 0.429. The maximum atomic E-state index is 11.8. The minimum Gasteiger partial charge on any atom is -0.482 e. The number of carbonyl (C=O) groups is 2. The van der Waals surface area contributed by atoms with E-state index in [1.165, 1.54) is 0 Å². The van der Waals surface area contributed by atoms with Crippen molar-refractivity contribution in [2.75, 3.05) is 26.3 Å². The Morgan fingerprint density at radius 1 is 1.38 bits per heavy atom. The Morgan fingerprint density at radius 2 is 2.10 bits per heavy atom. The highest BCUT2D eigenvalue weighted by Crippen LogP contribution is 2.16. The summed E-state index contributed by atoms with van der Waals surface area (Å²) in [7, 11) is 0. The second kappa shape index (κ2) is 6.94. The highest BCUT2D eigenvalue weighted by molar-refractivity contribution is 5.68. The predicted molar refractivity (Wildman–Crippen MR) is 73.7 cm³/mol. The van der Waals surface area contributed by atoms with Crippen LogP contribution in [-0.2, 0) is 16.1 Å². The molecule has 2 rings (SSSR count). The Bertz CT molecular complexity index is 503. The molecular formula is C14H18N2O5. The summed E-state index contributed by atoms with van der Waals surface area (Å²) in [5.41, 5.74) is 0.912. The van der Waals surface area contributed by atoms with Crippen molar-refractivity contribution in [3.8, 4) is 5.75 Å². The summed E-state index contributed by atoms with van der Waals surface area (Å²) in [5, 5.41) is 12.0. The fourth-order valence-electron chi connectivity index (χ4n) is 2.05. The lowest BCUT2D eigenvalue weighted by atomic mass is 10.2. The van der Waals surface area contributed by atoms with Crippen LogP contribution in [-0.4, -0.2) is 53.5 Å². The molecule has 0 unspecified atom stereocenters. The van der Waals surface area contributed by atoms with Crippen LogP contribution < -0.4 is 4.74 Å². The maximum absolute atomic E-state index is 11.8. The number of amides is 1. The van der Waals surface area contributed by atoms with Gasteiger partial charge >= 0.3 is 12.1 Å². The molecule has 21 heavy (non-hydrogen) atoms. The zero-order chi connectivity index (χ0) is 15.2. The third kappa shape index (κ3) is 4.09. The zero-order valence-corrected chi connectivity index (χ0v) is 11.8. The van der Waals surface area contributed by atoms with Crippen molar-refractivity contribution in [2.45, 2.75) is 13.5 Å². The van der Waals surface area contributed by atoms with Gasteiger partial charge in [-0.05, 0) is 17.7 Å². The number of benzene rings is 1. The highest BCUT2D eigenvalue weighted by Gasteiger charge is 2.26. The molecule has 1 aliphatic heterocycles. The van der Waals surface area contributed by atoms with E-state index in [0.717, 1.165) is 12.1 Å². The van der Waals surface area contributed by atoms with E-state index in [2.05, 4.69) is 0 Å². The molecule has 7 nitrogen and oxygen atoms in total. The Balaban J connectivity index is 1.98. The number of aliphatic carboxylic acids is 1. The first-order valence-corrected chi connectivity index (χ1v) is 6.73. The van der Waals surface area contributed by atoms with Gasteiger partial charge in [-0.3, -0.25) is 0 Å². The van der Waals surface area contributed by atoms with Gasteiger partial charge in [0.1, 0.15) is 12.4 Å². The number of rotatable bonds is 6. The molecule has 7 heteroatoms. The van der Waals surface area contributed by atoms with Gasteiger partial charge in [0, 0.05) is 6.54 Å². The summed E-state index contributed by atoms with van der Waals surface area (Å²) in [6, 6.07) is 6.97. The molecule has 1 saturated heterocycles. The van der Waals surface area contributed by atoms with Crippen LogP contribution in [0.5, 0.6) is 5.75 Å². The first kappa shape index (κ1) is 15.1. The van der Waals surface area contributed by atoms with Gasteiger partial charge in [0.25, 0.3) is 0 Å². The van der Waals surface area contributed by atoms with Crippen molar-refractivity contribution in [1.29, 1.82) is 0 Å². The molecule has 0 bridgehead atoms. The first-order chi connectivity index (χ1) is 10.1. The van der Waals surface area contributed by atoms with Crippen LogP contribution in [0.3, 0.4) is 0 Å². The Kier molecular flexibility index (Phi) is 4.99. The standard InChI is InChI=1S/C14H18N2O5/c1-2-15-7-8-20-14(19)16(15)9-11-3-5-12(6-4-11)21-10-13(17)18/h3-6H,2,7-10H2,1H3,(H,17,18). The van der Waals surface area contributed by atoms with E-state index in [-0.39, 0.29) is 12.7 Å². The number of carbonyl (C=O) groups excluding carboxylic acids is 1. The third-order valence-electron chi connectivity index (χ3n) is 3.11. The molecule has 1 aliphatic rings. The average molecular weight is 294 g/mol. The van der Waals surface area contributed by atoms with Crippen LogP contribution in [0.4, 0.5) is 4.79 Å². The third-order valence-corrected chi connectivity index (χ3v) is 3.11. The number of ether oxygens (including phenoxy) is 2. The second-order valence-electron chi connectivity index (χ2n) is 4.54. The van der Waals surface area contributed by atoms with Crippen molar-refractivity contribution in [3.05, 3.63) is 29.8 Å². The second-order valence-corrected chi connectivity index (χ2v) is 4.54. The lowest BCUT2D eigenvalue weighted by molar-refractivity contribution is -0.139. The largest absolute Gasteiger partial charge is 0.482 e. The van der Waals surface area contributed by atoms with Gasteiger partial charge in [0.15, 0.2) is 6.61 Å². The Hall–Kier alpha value is -2.28. The molecule has 0 spiro atoms. The lowest BCUT2D eigenvalue weighted by Crippen LogP contribution is -2.51. The van der Waals surface area contributed by atoms with Crippen molar-refractivity contribution in [1.82, 2.24) is 10.0 Å². The number of hydrogen-bond acceptors (Lipinski definition) is 5. The number of hydrogen-bond donors (Lipinski definition) is 1. The summed E-state index contributed by atoms with van der Waals surface area (Å²) in [5.74, 6) is -0.538. The molecule has 1 aromatic rings. The normalized spacial score (nSPS) is 15.7. The van der Waals surface area contributed by atoms with Gasteiger partial charge in [0.2, 0.25) is 0 Å². The van der Waals surface area contributed by atoms with Crippen molar-refractivity contribution in [3.63, 3.8) is 0 Å². The van der Waals surface area contributed by atoms with Crippen molar-refractivity contribution >= 4 is 12.1 Å². The molecule has 0 saturated carbocycles. The van der Waals surface area contributed by atoms with Crippen LogP contribution >= 0.6 is 0 Å². The Morgan fingerprint density at radius 3 is 2.71 bits per heavy atom. The molecule has 1 fully saturated rings. The van der Waals surface area contributed by atoms with Gasteiger partial charge in [-0.2, -0.15) is 0 Å². The monoisotopic (exact) mass is 294 g/mol. The van der Waals surface area contributed by atoms with Crippen LogP contribution in [0, 0.1) is 0 Å². The van der Waals surface area contributed by atoms with E-state index in [1.54, 1.807) is 29.3 Å². The molecule has 0 atom stereocenters. The summed E-state index contributed by atoms with van der Waals surface area (Å²) in [4.78, 5) is 22.2. The average Bonchev–Trinajstić information content (AvgIpc) is 2.48. The number of hydrazine groups is 1. The van der Waals surface area contributed by atoms with Crippen molar-refractivity contribution < 1.29 is 24.2 Å². The molecule has 1 heterocycles. The van der Waals surface area contributed by atoms with Crippen LogP contribution in [0.15, 0.2) is 24.3 Å². The lowest BCUT2D eigenvalue weighted by Gasteiger charge is -2.37. The van der Waals surface area contributed by atoms with Crippen LogP contribution in [0.2, 0.25) is 0 Å². The van der Waals surface area contributed by atoms with Crippen LogP contribution in [0.1, 0.15) is 12.5 Å². The molecule has 114 valence electrons. The molecular weight excluding hydrogens is 276 g/mol. The van der Waals surface area contributed by atoms with Gasteiger partial charge in [0.05, 0.1) is 13.1 Å². The molecule has 0 aliphatic carbocycles.